The molecule has 2 aromatic rings. The zero-order valence-electron chi connectivity index (χ0n) is 15.6. The van der Waals surface area contributed by atoms with Crippen LogP contribution >= 0.6 is 0 Å². The van der Waals surface area contributed by atoms with Gasteiger partial charge >= 0.3 is 0 Å². The molecule has 1 unspecified atom stereocenters. The molecule has 1 atom stereocenters. The molecule has 0 bridgehead atoms. The largest absolute Gasteiger partial charge is 0.486 e. The van der Waals surface area contributed by atoms with Gasteiger partial charge in [-0.05, 0) is 45.0 Å². The van der Waals surface area contributed by atoms with Crippen LogP contribution in [0.5, 0.6) is 11.5 Å². The van der Waals surface area contributed by atoms with Crippen molar-refractivity contribution in [3.05, 3.63) is 29.9 Å². The monoisotopic (exact) mass is 372 g/mol. The molecular weight excluding hydrogens is 348 g/mol. The Bertz CT molecular complexity index is 814. The number of likely N-dealkylation sites (tertiary alicyclic amines) is 1. The van der Waals surface area contributed by atoms with E-state index in [0.29, 0.717) is 42.2 Å². The average molecular weight is 372 g/mol. The molecule has 0 radical (unpaired) electrons. The van der Waals surface area contributed by atoms with E-state index in [1.165, 1.54) is 0 Å². The molecule has 1 aromatic heterocycles. The Kier molecular flexibility index (Phi) is 4.98. The lowest BCUT2D eigenvalue weighted by Crippen LogP contribution is -2.45. The first kappa shape index (κ1) is 17.8. The molecule has 1 saturated heterocycles. The van der Waals surface area contributed by atoms with E-state index in [9.17, 15) is 4.79 Å². The highest BCUT2D eigenvalue weighted by atomic mass is 16.6. The van der Waals surface area contributed by atoms with Gasteiger partial charge in [-0.25, -0.2) is 0 Å². The number of benzene rings is 1. The summed E-state index contributed by atoms with van der Waals surface area (Å²) in [5.41, 5.74) is 0.716. The molecule has 4 rings (SSSR count). The predicted octanol–water partition coefficient (Wildman–Crippen LogP) is 2.36. The van der Waals surface area contributed by atoms with Crippen LogP contribution < -0.4 is 14.8 Å². The minimum Gasteiger partial charge on any atom is -0.486 e. The summed E-state index contributed by atoms with van der Waals surface area (Å²) in [4.78, 5) is 19.2. The fourth-order valence-electron chi connectivity index (χ4n) is 3.56. The van der Waals surface area contributed by atoms with Crippen LogP contribution in [0.1, 0.15) is 37.4 Å². The van der Waals surface area contributed by atoms with Crippen molar-refractivity contribution in [2.45, 2.75) is 38.6 Å². The van der Waals surface area contributed by atoms with Crippen LogP contribution in [0.4, 0.5) is 5.69 Å². The van der Waals surface area contributed by atoms with E-state index < -0.39 is 0 Å². The highest BCUT2D eigenvalue weighted by molar-refractivity contribution is 5.94. The molecule has 27 heavy (non-hydrogen) atoms. The molecular formula is C19H24N4O4. The first-order valence-corrected chi connectivity index (χ1v) is 9.35. The fourth-order valence-corrected chi connectivity index (χ4v) is 3.56. The van der Waals surface area contributed by atoms with Gasteiger partial charge in [0.05, 0.1) is 6.04 Å². The molecule has 1 N–H and O–H groups in total. The lowest BCUT2D eigenvalue weighted by Gasteiger charge is -2.34. The number of carbonyl (C=O) groups excluding carboxylic acids is 1. The normalized spacial score (nSPS) is 18.9. The first-order valence-electron chi connectivity index (χ1n) is 9.35. The van der Waals surface area contributed by atoms with Gasteiger partial charge in [-0.2, -0.15) is 4.98 Å². The van der Waals surface area contributed by atoms with Gasteiger partial charge in [0.15, 0.2) is 17.3 Å². The number of fused-ring (bicyclic) bond motifs is 1. The summed E-state index contributed by atoms with van der Waals surface area (Å²) in [6.07, 6.45) is 1.83. The van der Waals surface area contributed by atoms with Gasteiger partial charge in [-0.15, -0.1) is 0 Å². The number of carbonyl (C=O) groups is 1. The van der Waals surface area contributed by atoms with Crippen LogP contribution in [0.25, 0.3) is 0 Å². The Morgan fingerprint density at radius 2 is 1.96 bits per heavy atom. The van der Waals surface area contributed by atoms with Crippen LogP contribution in [-0.4, -0.2) is 53.3 Å². The number of nitrogens with zero attached hydrogens (tertiary/aromatic N) is 3. The van der Waals surface area contributed by atoms with Gasteiger partial charge in [-0.1, -0.05) is 5.16 Å². The van der Waals surface area contributed by atoms with Crippen molar-refractivity contribution in [1.29, 1.82) is 0 Å². The number of aryl methyl sites for hydroxylation is 1. The summed E-state index contributed by atoms with van der Waals surface area (Å²) < 4.78 is 16.2. The van der Waals surface area contributed by atoms with Crippen molar-refractivity contribution < 1.29 is 18.8 Å². The van der Waals surface area contributed by atoms with Gasteiger partial charge in [0.1, 0.15) is 13.2 Å². The van der Waals surface area contributed by atoms with E-state index in [1.807, 2.05) is 25.1 Å². The minimum atomic E-state index is -0.217. The van der Waals surface area contributed by atoms with Gasteiger partial charge in [0, 0.05) is 24.6 Å². The van der Waals surface area contributed by atoms with Gasteiger partial charge < -0.3 is 19.3 Å². The molecule has 0 spiro atoms. The lowest BCUT2D eigenvalue weighted by atomic mass is 9.95. The second-order valence-electron chi connectivity index (χ2n) is 7.01. The molecule has 0 aliphatic carbocycles. The Labute approximate surface area is 157 Å². The maximum absolute atomic E-state index is 12.7. The number of nitrogens with one attached hydrogen (secondary N) is 1. The Hall–Kier alpha value is -2.61. The molecule has 8 heteroatoms. The van der Waals surface area contributed by atoms with Gasteiger partial charge in [0.2, 0.25) is 11.8 Å². The molecule has 0 saturated carbocycles. The maximum Gasteiger partial charge on any atom is 0.241 e. The second-order valence-corrected chi connectivity index (χ2v) is 7.01. The summed E-state index contributed by atoms with van der Waals surface area (Å²) in [5.74, 6) is 3.03. The number of hydrogen-bond donors (Lipinski definition) is 1. The van der Waals surface area contributed by atoms with Crippen molar-refractivity contribution in [2.75, 3.05) is 31.6 Å². The van der Waals surface area contributed by atoms with Crippen molar-refractivity contribution in [3.8, 4) is 11.5 Å². The third-order valence-electron chi connectivity index (χ3n) is 5.17. The van der Waals surface area contributed by atoms with Crippen molar-refractivity contribution in [1.82, 2.24) is 15.0 Å². The topological polar surface area (TPSA) is 89.7 Å². The molecule has 1 fully saturated rings. The molecule has 1 amide bonds. The summed E-state index contributed by atoms with van der Waals surface area (Å²) in [6, 6.07) is 5.26. The third kappa shape index (κ3) is 3.90. The third-order valence-corrected chi connectivity index (χ3v) is 5.17. The van der Waals surface area contributed by atoms with Crippen LogP contribution in [0.15, 0.2) is 22.7 Å². The quantitative estimate of drug-likeness (QED) is 0.881. The number of rotatable bonds is 4. The molecule has 8 nitrogen and oxygen atoms in total. The van der Waals surface area contributed by atoms with Crippen LogP contribution in [-0.2, 0) is 4.79 Å². The van der Waals surface area contributed by atoms with E-state index in [4.69, 9.17) is 14.0 Å². The Morgan fingerprint density at radius 1 is 1.22 bits per heavy atom. The van der Waals surface area contributed by atoms with Crippen LogP contribution in [0.2, 0.25) is 0 Å². The lowest BCUT2D eigenvalue weighted by molar-refractivity contribution is -0.121. The smallest absolute Gasteiger partial charge is 0.241 e. The highest BCUT2D eigenvalue weighted by Crippen LogP contribution is 2.33. The highest BCUT2D eigenvalue weighted by Gasteiger charge is 2.29. The predicted molar refractivity (Wildman–Crippen MR) is 98.1 cm³/mol. The van der Waals surface area contributed by atoms with E-state index >= 15 is 0 Å². The number of aromatic nitrogens is 2. The number of piperidine rings is 1. The molecule has 144 valence electrons. The van der Waals surface area contributed by atoms with E-state index in [-0.39, 0.29) is 11.9 Å². The van der Waals surface area contributed by atoms with Gasteiger partial charge in [-0.3, -0.25) is 9.69 Å². The zero-order valence-corrected chi connectivity index (χ0v) is 15.6. The Morgan fingerprint density at radius 3 is 2.67 bits per heavy atom. The molecule has 1 aromatic carbocycles. The minimum absolute atomic E-state index is 0.0273. The number of hydrogen-bond acceptors (Lipinski definition) is 7. The average Bonchev–Trinajstić information content (AvgIpc) is 3.14. The number of ether oxygens (including phenoxy) is 2. The first-order chi connectivity index (χ1) is 13.1. The van der Waals surface area contributed by atoms with E-state index in [1.54, 1.807) is 6.92 Å². The fraction of sp³-hybridized carbons (Fsp3) is 0.526. The van der Waals surface area contributed by atoms with Crippen molar-refractivity contribution >= 4 is 11.6 Å². The summed E-state index contributed by atoms with van der Waals surface area (Å²) in [5, 5.41) is 7.01. The number of amides is 1. The summed E-state index contributed by atoms with van der Waals surface area (Å²) in [7, 11) is 0. The maximum atomic E-state index is 12.7. The SMILES string of the molecule is Cc1nc(C2CCN(C(C)C(=O)Nc3ccc4c(c3)OCCO4)CC2)no1. The van der Waals surface area contributed by atoms with Gasteiger partial charge in [0.25, 0.3) is 0 Å². The zero-order chi connectivity index (χ0) is 18.8. The van der Waals surface area contributed by atoms with Crippen molar-refractivity contribution in [3.63, 3.8) is 0 Å². The number of anilines is 1. The van der Waals surface area contributed by atoms with E-state index in [2.05, 4.69) is 20.4 Å². The van der Waals surface area contributed by atoms with Crippen LogP contribution in [0.3, 0.4) is 0 Å². The Balaban J connectivity index is 1.33. The standard InChI is InChI=1S/C19H24N4O4/c1-12(23-7-5-14(6-8-23)18-20-13(2)27-22-18)19(24)21-15-3-4-16-17(11-15)26-10-9-25-16/h3-4,11-12,14H,5-10H2,1-2H3,(H,21,24). The summed E-state index contributed by atoms with van der Waals surface area (Å²) in [6.45, 7) is 6.47. The summed E-state index contributed by atoms with van der Waals surface area (Å²) >= 11 is 0. The van der Waals surface area contributed by atoms with E-state index in [0.717, 1.165) is 31.8 Å². The second kappa shape index (κ2) is 7.56. The molecule has 2 aliphatic rings. The van der Waals surface area contributed by atoms with Crippen molar-refractivity contribution in [2.24, 2.45) is 0 Å². The molecule has 3 heterocycles. The van der Waals surface area contributed by atoms with Crippen LogP contribution in [0, 0.1) is 6.92 Å². The molecule has 2 aliphatic heterocycles.